The van der Waals surface area contributed by atoms with Gasteiger partial charge in [-0.25, -0.2) is 4.98 Å². The average molecular weight is 218 g/mol. The van der Waals surface area contributed by atoms with Crippen molar-refractivity contribution in [3.05, 3.63) is 35.2 Å². The Morgan fingerprint density at radius 3 is 2.60 bits per heavy atom. The average Bonchev–Trinajstić information content (AvgIpc) is 2.73. The van der Waals surface area contributed by atoms with Crippen LogP contribution in [0.2, 0.25) is 0 Å². The highest BCUT2D eigenvalue weighted by Crippen LogP contribution is 2.30. The van der Waals surface area contributed by atoms with Crippen LogP contribution in [-0.2, 0) is 6.42 Å². The third kappa shape index (κ3) is 2.02. The largest absolute Gasteiger partial charge is 0.365 e. The fourth-order valence-corrected chi connectivity index (χ4v) is 2.40. The van der Waals surface area contributed by atoms with Crippen molar-refractivity contribution in [1.29, 1.82) is 0 Å². The van der Waals surface area contributed by atoms with Gasteiger partial charge in [-0.3, -0.25) is 0 Å². The maximum absolute atomic E-state index is 4.58. The van der Waals surface area contributed by atoms with Crippen molar-refractivity contribution >= 4 is 16.5 Å². The van der Waals surface area contributed by atoms with Gasteiger partial charge in [-0.05, 0) is 6.42 Å². The van der Waals surface area contributed by atoms with Gasteiger partial charge in [0, 0.05) is 17.5 Å². The molecule has 0 amide bonds. The van der Waals surface area contributed by atoms with Gasteiger partial charge >= 0.3 is 0 Å². The monoisotopic (exact) mass is 218 g/mol. The van der Waals surface area contributed by atoms with E-state index in [-0.39, 0.29) is 0 Å². The number of rotatable bonds is 3. The Labute approximate surface area is 94.0 Å². The minimum Gasteiger partial charge on any atom is -0.365 e. The van der Waals surface area contributed by atoms with E-state index in [1.807, 2.05) is 25.2 Å². The summed E-state index contributed by atoms with van der Waals surface area (Å²) in [5.74, 6) is 0. The first-order valence-electron chi connectivity index (χ1n) is 5.08. The number of hydrogen-bond acceptors (Lipinski definition) is 3. The molecule has 0 radical (unpaired) electrons. The van der Waals surface area contributed by atoms with Gasteiger partial charge in [0.25, 0.3) is 0 Å². The summed E-state index contributed by atoms with van der Waals surface area (Å²) in [4.78, 5) is 5.92. The molecule has 1 aromatic carbocycles. The van der Waals surface area contributed by atoms with E-state index in [4.69, 9.17) is 0 Å². The molecule has 1 heterocycles. The lowest BCUT2D eigenvalue weighted by Crippen LogP contribution is -1.86. The standard InChI is InChI=1S/C12H14N2S/c1-3-10-11(14-12(13-2)15-10)9-7-5-4-6-8-9/h4-8H,3H2,1-2H3,(H,13,14). The van der Waals surface area contributed by atoms with E-state index < -0.39 is 0 Å². The summed E-state index contributed by atoms with van der Waals surface area (Å²) in [7, 11) is 1.91. The van der Waals surface area contributed by atoms with Crippen LogP contribution in [0.4, 0.5) is 5.13 Å². The summed E-state index contributed by atoms with van der Waals surface area (Å²) in [5, 5.41) is 4.09. The number of benzene rings is 1. The smallest absolute Gasteiger partial charge is 0.183 e. The molecule has 1 N–H and O–H groups in total. The molecule has 2 rings (SSSR count). The third-order valence-corrected chi connectivity index (χ3v) is 3.50. The third-order valence-electron chi connectivity index (χ3n) is 2.28. The second-order valence-electron chi connectivity index (χ2n) is 3.26. The van der Waals surface area contributed by atoms with Crippen molar-refractivity contribution in [2.45, 2.75) is 13.3 Å². The van der Waals surface area contributed by atoms with Crippen molar-refractivity contribution in [2.24, 2.45) is 0 Å². The van der Waals surface area contributed by atoms with Crippen molar-refractivity contribution in [3.63, 3.8) is 0 Å². The topological polar surface area (TPSA) is 24.9 Å². The van der Waals surface area contributed by atoms with E-state index in [1.54, 1.807) is 11.3 Å². The summed E-state index contributed by atoms with van der Waals surface area (Å²) >= 11 is 1.73. The Morgan fingerprint density at radius 2 is 2.00 bits per heavy atom. The molecule has 0 saturated carbocycles. The van der Waals surface area contributed by atoms with E-state index in [2.05, 4.69) is 29.4 Å². The molecule has 78 valence electrons. The number of thiazole rings is 1. The molecule has 0 fully saturated rings. The first kappa shape index (κ1) is 10.2. The predicted molar refractivity (Wildman–Crippen MR) is 66.5 cm³/mol. The molecule has 3 heteroatoms. The highest BCUT2D eigenvalue weighted by atomic mass is 32.1. The van der Waals surface area contributed by atoms with Gasteiger partial charge in [0.05, 0.1) is 5.69 Å². The van der Waals surface area contributed by atoms with E-state index in [0.717, 1.165) is 17.2 Å². The molecule has 0 unspecified atom stereocenters. The molecule has 0 bridgehead atoms. The summed E-state index contributed by atoms with van der Waals surface area (Å²) < 4.78 is 0. The number of aryl methyl sites for hydroxylation is 1. The SMILES string of the molecule is CCc1sc(NC)nc1-c1ccccc1. The molecule has 0 aliphatic heterocycles. The molecule has 15 heavy (non-hydrogen) atoms. The Morgan fingerprint density at radius 1 is 1.27 bits per heavy atom. The Kier molecular flexibility index (Phi) is 3.02. The minimum atomic E-state index is 0.991. The Hall–Kier alpha value is -1.35. The fourth-order valence-electron chi connectivity index (χ4n) is 1.52. The number of anilines is 1. The van der Waals surface area contributed by atoms with Gasteiger partial charge in [0.2, 0.25) is 0 Å². The molecule has 0 spiro atoms. The summed E-state index contributed by atoms with van der Waals surface area (Å²) in [6, 6.07) is 10.3. The van der Waals surface area contributed by atoms with E-state index in [9.17, 15) is 0 Å². The quantitative estimate of drug-likeness (QED) is 0.854. The zero-order valence-corrected chi connectivity index (χ0v) is 9.77. The molecule has 0 aliphatic rings. The molecule has 0 aliphatic carbocycles. The molecular formula is C12H14N2S. The highest BCUT2D eigenvalue weighted by molar-refractivity contribution is 7.16. The van der Waals surface area contributed by atoms with Crippen LogP contribution in [0.5, 0.6) is 0 Å². The van der Waals surface area contributed by atoms with Crippen LogP contribution in [0.1, 0.15) is 11.8 Å². The Bertz CT molecular complexity index is 434. The van der Waals surface area contributed by atoms with Crippen LogP contribution in [0.15, 0.2) is 30.3 Å². The van der Waals surface area contributed by atoms with Crippen LogP contribution >= 0.6 is 11.3 Å². The highest BCUT2D eigenvalue weighted by Gasteiger charge is 2.09. The van der Waals surface area contributed by atoms with Gasteiger partial charge in [-0.15, -0.1) is 11.3 Å². The lowest BCUT2D eigenvalue weighted by molar-refractivity contribution is 1.17. The van der Waals surface area contributed by atoms with Gasteiger partial charge in [0.15, 0.2) is 5.13 Å². The zero-order chi connectivity index (χ0) is 10.7. The number of aromatic nitrogens is 1. The molecule has 2 nitrogen and oxygen atoms in total. The number of hydrogen-bond donors (Lipinski definition) is 1. The van der Waals surface area contributed by atoms with Crippen LogP contribution in [0.25, 0.3) is 11.3 Å². The summed E-state index contributed by atoms with van der Waals surface area (Å²) in [6.07, 6.45) is 1.03. The summed E-state index contributed by atoms with van der Waals surface area (Å²) in [5.41, 5.74) is 2.32. The first-order valence-corrected chi connectivity index (χ1v) is 5.89. The number of nitrogens with zero attached hydrogens (tertiary/aromatic N) is 1. The van der Waals surface area contributed by atoms with Crippen LogP contribution < -0.4 is 5.32 Å². The van der Waals surface area contributed by atoms with Gasteiger partial charge in [-0.1, -0.05) is 37.3 Å². The predicted octanol–water partition coefficient (Wildman–Crippen LogP) is 3.41. The zero-order valence-electron chi connectivity index (χ0n) is 8.95. The van der Waals surface area contributed by atoms with Crippen LogP contribution in [-0.4, -0.2) is 12.0 Å². The molecule has 2 aromatic rings. The van der Waals surface area contributed by atoms with E-state index in [0.29, 0.717) is 0 Å². The van der Waals surface area contributed by atoms with Crippen LogP contribution in [0.3, 0.4) is 0 Å². The lowest BCUT2D eigenvalue weighted by atomic mass is 10.1. The van der Waals surface area contributed by atoms with E-state index >= 15 is 0 Å². The normalized spacial score (nSPS) is 10.3. The fraction of sp³-hybridized carbons (Fsp3) is 0.250. The van der Waals surface area contributed by atoms with Crippen molar-refractivity contribution in [2.75, 3.05) is 12.4 Å². The van der Waals surface area contributed by atoms with Crippen molar-refractivity contribution in [1.82, 2.24) is 4.98 Å². The van der Waals surface area contributed by atoms with Gasteiger partial charge in [0.1, 0.15) is 0 Å². The second kappa shape index (κ2) is 4.45. The molecule has 0 atom stereocenters. The lowest BCUT2D eigenvalue weighted by Gasteiger charge is -1.98. The molecule has 0 saturated heterocycles. The number of nitrogens with one attached hydrogen (secondary N) is 1. The molecular weight excluding hydrogens is 204 g/mol. The van der Waals surface area contributed by atoms with Crippen LogP contribution in [0, 0.1) is 0 Å². The minimum absolute atomic E-state index is 0.991. The van der Waals surface area contributed by atoms with Crippen molar-refractivity contribution < 1.29 is 0 Å². The Balaban J connectivity index is 2.47. The maximum atomic E-state index is 4.58. The second-order valence-corrected chi connectivity index (χ2v) is 4.34. The van der Waals surface area contributed by atoms with Gasteiger partial charge in [-0.2, -0.15) is 0 Å². The van der Waals surface area contributed by atoms with Crippen molar-refractivity contribution in [3.8, 4) is 11.3 Å². The molecule has 1 aromatic heterocycles. The maximum Gasteiger partial charge on any atom is 0.183 e. The van der Waals surface area contributed by atoms with E-state index in [1.165, 1.54) is 10.4 Å². The first-order chi connectivity index (χ1) is 7.35. The summed E-state index contributed by atoms with van der Waals surface area (Å²) in [6.45, 7) is 2.17. The van der Waals surface area contributed by atoms with Gasteiger partial charge < -0.3 is 5.32 Å².